The van der Waals surface area contributed by atoms with Crippen molar-refractivity contribution >= 4 is 5.91 Å². The van der Waals surface area contributed by atoms with Crippen molar-refractivity contribution in [2.45, 2.75) is 58.9 Å². The van der Waals surface area contributed by atoms with Gasteiger partial charge < -0.3 is 5.32 Å². The number of nitriles is 1. The molecule has 0 aromatic rings. The van der Waals surface area contributed by atoms with Crippen LogP contribution in [0.2, 0.25) is 0 Å². The highest BCUT2D eigenvalue weighted by Gasteiger charge is 2.26. The molecule has 1 fully saturated rings. The van der Waals surface area contributed by atoms with E-state index < -0.39 is 0 Å². The Balaban J connectivity index is 2.33. The van der Waals surface area contributed by atoms with Gasteiger partial charge in [-0.1, -0.05) is 20.8 Å². The number of carbonyl (C=O) groups excluding carboxylic acids is 1. The number of hydrogen-bond donors (Lipinski definition) is 1. The lowest BCUT2D eigenvalue weighted by atomic mass is 9.84. The standard InChI is InChI=1S/C13H22N2O/c1-13(2,3)12(16)15-11-6-4-10(5-7-11)8-9-14/h10-11H,4-8H2,1-3H3,(H,15,16). The van der Waals surface area contributed by atoms with E-state index in [-0.39, 0.29) is 11.3 Å². The molecule has 1 aliphatic rings. The van der Waals surface area contributed by atoms with E-state index in [4.69, 9.17) is 5.26 Å². The average molecular weight is 222 g/mol. The van der Waals surface area contributed by atoms with Crippen LogP contribution in [0.15, 0.2) is 0 Å². The van der Waals surface area contributed by atoms with E-state index in [1.54, 1.807) is 0 Å². The van der Waals surface area contributed by atoms with E-state index in [2.05, 4.69) is 11.4 Å². The van der Waals surface area contributed by atoms with Gasteiger partial charge in [0.15, 0.2) is 0 Å². The maximum Gasteiger partial charge on any atom is 0.225 e. The van der Waals surface area contributed by atoms with Gasteiger partial charge in [0.05, 0.1) is 6.07 Å². The quantitative estimate of drug-likeness (QED) is 0.780. The van der Waals surface area contributed by atoms with Crippen molar-refractivity contribution < 1.29 is 4.79 Å². The lowest BCUT2D eigenvalue weighted by Crippen LogP contribution is -2.43. The molecule has 3 nitrogen and oxygen atoms in total. The molecule has 0 radical (unpaired) electrons. The van der Waals surface area contributed by atoms with Crippen LogP contribution in [-0.2, 0) is 4.79 Å². The summed E-state index contributed by atoms with van der Waals surface area (Å²) in [6.45, 7) is 5.80. The van der Waals surface area contributed by atoms with Crippen molar-refractivity contribution in [1.82, 2.24) is 5.32 Å². The number of amides is 1. The van der Waals surface area contributed by atoms with Crippen LogP contribution in [-0.4, -0.2) is 11.9 Å². The molecule has 1 amide bonds. The Hall–Kier alpha value is -1.04. The van der Waals surface area contributed by atoms with Gasteiger partial charge in [-0.05, 0) is 31.6 Å². The second-order valence-corrected chi connectivity index (χ2v) is 5.80. The smallest absolute Gasteiger partial charge is 0.225 e. The van der Waals surface area contributed by atoms with Crippen LogP contribution in [0.1, 0.15) is 52.9 Å². The molecule has 0 unspecified atom stereocenters. The molecular formula is C13H22N2O. The fourth-order valence-electron chi connectivity index (χ4n) is 2.04. The molecule has 1 aliphatic carbocycles. The molecule has 1 N–H and O–H groups in total. The van der Waals surface area contributed by atoms with Gasteiger partial charge in [-0.2, -0.15) is 5.26 Å². The SMILES string of the molecule is CC(C)(C)C(=O)NC1CCC(CC#N)CC1. The third-order valence-corrected chi connectivity index (χ3v) is 3.24. The second-order valence-electron chi connectivity index (χ2n) is 5.80. The van der Waals surface area contributed by atoms with E-state index in [1.807, 2.05) is 20.8 Å². The Kier molecular flexibility index (Phi) is 4.35. The molecule has 0 spiro atoms. The van der Waals surface area contributed by atoms with Crippen LogP contribution in [0.25, 0.3) is 0 Å². The number of nitrogens with zero attached hydrogens (tertiary/aromatic N) is 1. The van der Waals surface area contributed by atoms with Gasteiger partial charge >= 0.3 is 0 Å². The normalized spacial score (nSPS) is 25.9. The third-order valence-electron chi connectivity index (χ3n) is 3.24. The van der Waals surface area contributed by atoms with Gasteiger partial charge in [-0.3, -0.25) is 4.79 Å². The van der Waals surface area contributed by atoms with Gasteiger partial charge in [0.1, 0.15) is 0 Å². The summed E-state index contributed by atoms with van der Waals surface area (Å²) in [6.07, 6.45) is 4.85. The maximum absolute atomic E-state index is 11.8. The molecule has 90 valence electrons. The van der Waals surface area contributed by atoms with Gasteiger partial charge in [-0.25, -0.2) is 0 Å². The molecular weight excluding hydrogens is 200 g/mol. The number of rotatable bonds is 2. The maximum atomic E-state index is 11.8. The molecule has 0 aliphatic heterocycles. The van der Waals surface area contributed by atoms with Crippen molar-refractivity contribution in [3.05, 3.63) is 0 Å². The van der Waals surface area contributed by atoms with Crippen molar-refractivity contribution in [2.75, 3.05) is 0 Å². The summed E-state index contributed by atoms with van der Waals surface area (Å²) in [5, 5.41) is 11.7. The Morgan fingerprint density at radius 2 is 1.88 bits per heavy atom. The van der Waals surface area contributed by atoms with E-state index in [0.717, 1.165) is 25.7 Å². The molecule has 1 rings (SSSR count). The summed E-state index contributed by atoms with van der Waals surface area (Å²) in [5.41, 5.74) is -0.302. The van der Waals surface area contributed by atoms with Gasteiger partial charge in [0, 0.05) is 17.9 Å². The van der Waals surface area contributed by atoms with Crippen LogP contribution >= 0.6 is 0 Å². The summed E-state index contributed by atoms with van der Waals surface area (Å²) in [4.78, 5) is 11.8. The zero-order valence-corrected chi connectivity index (χ0v) is 10.5. The summed E-state index contributed by atoms with van der Waals surface area (Å²) < 4.78 is 0. The Morgan fingerprint density at radius 3 is 2.31 bits per heavy atom. The molecule has 0 heterocycles. The van der Waals surface area contributed by atoms with Crippen molar-refractivity contribution in [3.63, 3.8) is 0 Å². The lowest BCUT2D eigenvalue weighted by Gasteiger charge is -2.30. The Morgan fingerprint density at radius 1 is 1.31 bits per heavy atom. The molecule has 3 heteroatoms. The monoisotopic (exact) mass is 222 g/mol. The number of carbonyl (C=O) groups is 1. The van der Waals surface area contributed by atoms with Crippen molar-refractivity contribution in [3.8, 4) is 6.07 Å². The zero-order valence-electron chi connectivity index (χ0n) is 10.5. The number of nitrogens with one attached hydrogen (secondary N) is 1. The molecule has 0 aromatic carbocycles. The second kappa shape index (κ2) is 5.34. The first kappa shape index (κ1) is 13.0. The molecule has 1 saturated carbocycles. The summed E-state index contributed by atoms with van der Waals surface area (Å²) in [6, 6.07) is 2.55. The predicted molar refractivity (Wildman–Crippen MR) is 63.6 cm³/mol. The highest BCUT2D eigenvalue weighted by molar-refractivity contribution is 5.81. The average Bonchev–Trinajstić information content (AvgIpc) is 2.20. The largest absolute Gasteiger partial charge is 0.353 e. The fraction of sp³-hybridized carbons (Fsp3) is 0.846. The van der Waals surface area contributed by atoms with Crippen molar-refractivity contribution in [1.29, 1.82) is 5.26 Å². The van der Waals surface area contributed by atoms with Crippen molar-refractivity contribution in [2.24, 2.45) is 11.3 Å². The molecule has 16 heavy (non-hydrogen) atoms. The topological polar surface area (TPSA) is 52.9 Å². The van der Waals surface area contributed by atoms with E-state index in [9.17, 15) is 4.79 Å². The Labute approximate surface area is 98.2 Å². The van der Waals surface area contributed by atoms with Gasteiger partial charge in [0.2, 0.25) is 5.91 Å². The molecule has 0 bridgehead atoms. The van der Waals surface area contributed by atoms with Crippen LogP contribution in [0.4, 0.5) is 0 Å². The summed E-state index contributed by atoms with van der Waals surface area (Å²) in [7, 11) is 0. The first-order valence-electron chi connectivity index (χ1n) is 6.11. The molecule has 0 saturated heterocycles. The number of hydrogen-bond acceptors (Lipinski definition) is 2. The molecule has 0 aromatic heterocycles. The minimum atomic E-state index is -0.302. The highest BCUT2D eigenvalue weighted by Crippen LogP contribution is 2.27. The van der Waals surface area contributed by atoms with Crippen LogP contribution in [0.5, 0.6) is 0 Å². The van der Waals surface area contributed by atoms with E-state index in [0.29, 0.717) is 18.4 Å². The van der Waals surface area contributed by atoms with E-state index >= 15 is 0 Å². The minimum Gasteiger partial charge on any atom is -0.353 e. The minimum absolute atomic E-state index is 0.135. The van der Waals surface area contributed by atoms with Crippen LogP contribution in [0.3, 0.4) is 0 Å². The first-order chi connectivity index (χ1) is 7.43. The molecule has 0 atom stereocenters. The summed E-state index contributed by atoms with van der Waals surface area (Å²) >= 11 is 0. The van der Waals surface area contributed by atoms with Gasteiger partial charge in [-0.15, -0.1) is 0 Å². The Bertz CT molecular complexity index is 277. The lowest BCUT2D eigenvalue weighted by molar-refractivity contribution is -0.129. The van der Waals surface area contributed by atoms with Crippen LogP contribution in [0, 0.1) is 22.7 Å². The third kappa shape index (κ3) is 3.84. The fourth-order valence-corrected chi connectivity index (χ4v) is 2.04. The first-order valence-corrected chi connectivity index (χ1v) is 6.11. The highest BCUT2D eigenvalue weighted by atomic mass is 16.2. The zero-order chi connectivity index (χ0) is 12.2. The van der Waals surface area contributed by atoms with Gasteiger partial charge in [0.25, 0.3) is 0 Å². The summed E-state index contributed by atoms with van der Waals surface area (Å²) in [5.74, 6) is 0.684. The van der Waals surface area contributed by atoms with Crippen LogP contribution < -0.4 is 5.32 Å². The van der Waals surface area contributed by atoms with E-state index in [1.165, 1.54) is 0 Å². The predicted octanol–water partition coefficient (Wildman–Crippen LogP) is 2.62.